The number of hydrogen-bond acceptors (Lipinski definition) is 8. The Bertz CT molecular complexity index is 1130. The zero-order valence-corrected chi connectivity index (χ0v) is 18.3. The monoisotopic (exact) mass is 445 g/mol. The van der Waals surface area contributed by atoms with Gasteiger partial charge in [0.05, 0.1) is 35.9 Å². The van der Waals surface area contributed by atoms with Crippen molar-refractivity contribution in [3.8, 4) is 28.8 Å². The Kier molecular flexibility index (Phi) is 6.09. The van der Waals surface area contributed by atoms with Crippen molar-refractivity contribution in [2.24, 2.45) is 5.73 Å². The van der Waals surface area contributed by atoms with Gasteiger partial charge in [-0.15, -0.1) is 0 Å². The van der Waals surface area contributed by atoms with Crippen molar-refractivity contribution in [3.63, 3.8) is 0 Å². The van der Waals surface area contributed by atoms with Gasteiger partial charge in [0.15, 0.2) is 11.5 Å². The fraction of sp³-hybridized carbons (Fsp3) is 0.417. The highest BCUT2D eigenvalue weighted by molar-refractivity contribution is 5.76. The summed E-state index contributed by atoms with van der Waals surface area (Å²) in [5, 5.41) is 19.5. The van der Waals surface area contributed by atoms with Crippen LogP contribution >= 0.6 is 0 Å². The summed E-state index contributed by atoms with van der Waals surface area (Å²) in [7, 11) is 0. The molecule has 0 aliphatic heterocycles. The molecule has 2 aliphatic rings. The highest BCUT2D eigenvalue weighted by Gasteiger charge is 2.26. The molecule has 9 nitrogen and oxygen atoms in total. The van der Waals surface area contributed by atoms with Gasteiger partial charge in [0.2, 0.25) is 0 Å². The lowest BCUT2D eigenvalue weighted by Gasteiger charge is -2.30. The van der Waals surface area contributed by atoms with Crippen LogP contribution in [0.3, 0.4) is 0 Å². The molecule has 2 saturated carbocycles. The van der Waals surface area contributed by atoms with E-state index in [2.05, 4.69) is 25.5 Å². The number of nitrogens with two attached hydrogens (primary N) is 1. The highest BCUT2D eigenvalue weighted by Crippen LogP contribution is 2.41. The topological polar surface area (TPSA) is 135 Å². The van der Waals surface area contributed by atoms with Crippen molar-refractivity contribution in [3.05, 3.63) is 42.4 Å². The quantitative estimate of drug-likeness (QED) is 0.495. The summed E-state index contributed by atoms with van der Waals surface area (Å²) in [5.74, 6) is 2.65. The zero-order valence-electron chi connectivity index (χ0n) is 18.3. The van der Waals surface area contributed by atoms with Crippen molar-refractivity contribution in [1.82, 2.24) is 20.2 Å². The van der Waals surface area contributed by atoms with Gasteiger partial charge in [-0.05, 0) is 57.1 Å². The van der Waals surface area contributed by atoms with E-state index in [1.807, 2.05) is 30.3 Å². The van der Waals surface area contributed by atoms with Gasteiger partial charge in [0, 0.05) is 12.1 Å². The molecule has 0 bridgehead atoms. The third-order valence-electron chi connectivity index (χ3n) is 6.22. The van der Waals surface area contributed by atoms with Crippen LogP contribution in [0, 0.1) is 11.3 Å². The Morgan fingerprint density at radius 2 is 1.70 bits per heavy atom. The van der Waals surface area contributed by atoms with Crippen LogP contribution in [0.4, 0.5) is 11.6 Å². The van der Waals surface area contributed by atoms with E-state index in [1.165, 1.54) is 18.8 Å². The lowest BCUT2D eigenvalue weighted by molar-refractivity contribution is 0.119. The summed E-state index contributed by atoms with van der Waals surface area (Å²) >= 11 is 0. The smallest absolute Gasteiger partial charge is 0.158 e. The van der Waals surface area contributed by atoms with Crippen molar-refractivity contribution in [2.45, 2.75) is 63.2 Å². The van der Waals surface area contributed by atoms with Crippen LogP contribution in [0.1, 0.15) is 50.6 Å². The number of H-pyrrole nitrogens is 1. The summed E-state index contributed by atoms with van der Waals surface area (Å²) in [4.78, 5) is 8.23. The maximum absolute atomic E-state index is 8.89. The van der Waals surface area contributed by atoms with Crippen molar-refractivity contribution >= 4 is 11.6 Å². The molecule has 0 atom stereocenters. The third-order valence-corrected chi connectivity index (χ3v) is 6.22. The van der Waals surface area contributed by atoms with Gasteiger partial charge in [0.25, 0.3) is 0 Å². The Balaban J connectivity index is 1.41. The van der Waals surface area contributed by atoms with Crippen LogP contribution < -0.4 is 20.5 Å². The van der Waals surface area contributed by atoms with Crippen LogP contribution in [0.15, 0.2) is 36.7 Å². The molecule has 33 heavy (non-hydrogen) atoms. The number of ether oxygens (including phenoxy) is 2. The van der Waals surface area contributed by atoms with E-state index in [1.54, 1.807) is 0 Å². The van der Waals surface area contributed by atoms with E-state index < -0.39 is 0 Å². The van der Waals surface area contributed by atoms with Crippen LogP contribution in [0.2, 0.25) is 0 Å². The minimum atomic E-state index is 0.136. The molecule has 2 aliphatic carbocycles. The van der Waals surface area contributed by atoms with E-state index >= 15 is 0 Å². The number of hydrogen-bond donors (Lipinski definition) is 3. The van der Waals surface area contributed by atoms with E-state index in [0.717, 1.165) is 61.3 Å². The molecule has 0 amide bonds. The molecule has 9 heteroatoms. The molecule has 0 unspecified atom stereocenters. The first-order valence-electron chi connectivity index (χ1n) is 11.4. The number of nitriles is 1. The van der Waals surface area contributed by atoms with Crippen molar-refractivity contribution in [2.75, 3.05) is 5.32 Å². The van der Waals surface area contributed by atoms with Crippen LogP contribution in [0.25, 0.3) is 11.3 Å². The highest BCUT2D eigenvalue weighted by atomic mass is 16.5. The van der Waals surface area contributed by atoms with Gasteiger partial charge in [-0.3, -0.25) is 5.10 Å². The number of anilines is 2. The second-order valence-corrected chi connectivity index (χ2v) is 8.65. The molecule has 170 valence electrons. The Morgan fingerprint density at radius 3 is 2.30 bits per heavy atom. The Morgan fingerprint density at radius 1 is 0.970 bits per heavy atom. The summed E-state index contributed by atoms with van der Waals surface area (Å²) in [6.07, 6.45) is 10.5. The first-order chi connectivity index (χ1) is 16.2. The molecule has 0 saturated heterocycles. The van der Waals surface area contributed by atoms with E-state index in [9.17, 15) is 0 Å². The average molecular weight is 446 g/mol. The summed E-state index contributed by atoms with van der Waals surface area (Å²) in [5.41, 5.74) is 7.99. The number of nitrogens with zero attached hydrogens (tertiary/aromatic N) is 4. The lowest BCUT2D eigenvalue weighted by Crippen LogP contribution is -2.31. The number of aromatic nitrogens is 4. The molecule has 0 spiro atoms. The van der Waals surface area contributed by atoms with E-state index in [0.29, 0.717) is 11.6 Å². The predicted octanol–water partition coefficient (Wildman–Crippen LogP) is 4.06. The summed E-state index contributed by atoms with van der Waals surface area (Å²) in [6, 6.07) is 10.1. The second kappa shape index (κ2) is 9.46. The van der Waals surface area contributed by atoms with Gasteiger partial charge in [-0.1, -0.05) is 6.07 Å². The fourth-order valence-corrected chi connectivity index (χ4v) is 4.12. The van der Waals surface area contributed by atoms with Crippen LogP contribution in [-0.2, 0) is 0 Å². The predicted molar refractivity (Wildman–Crippen MR) is 123 cm³/mol. The van der Waals surface area contributed by atoms with E-state index in [4.69, 9.17) is 20.5 Å². The van der Waals surface area contributed by atoms with Crippen LogP contribution in [0.5, 0.6) is 11.5 Å². The number of benzene rings is 1. The Labute approximate surface area is 192 Å². The largest absolute Gasteiger partial charge is 0.490 e. The number of nitrogens with one attached hydrogen (secondary N) is 2. The second-order valence-electron chi connectivity index (χ2n) is 8.65. The average Bonchev–Trinajstić information content (AvgIpc) is 3.26. The molecule has 1 aromatic carbocycles. The molecular weight excluding hydrogens is 418 g/mol. The molecule has 2 heterocycles. The Hall–Kier alpha value is -3.64. The van der Waals surface area contributed by atoms with Gasteiger partial charge >= 0.3 is 0 Å². The van der Waals surface area contributed by atoms with Gasteiger partial charge in [-0.25, -0.2) is 9.97 Å². The molecular formula is C24H27N7O2. The van der Waals surface area contributed by atoms with Gasteiger partial charge in [0.1, 0.15) is 23.4 Å². The van der Waals surface area contributed by atoms with Crippen LogP contribution in [-0.4, -0.2) is 38.4 Å². The van der Waals surface area contributed by atoms with Gasteiger partial charge in [-0.2, -0.15) is 10.4 Å². The molecule has 5 rings (SSSR count). The maximum Gasteiger partial charge on any atom is 0.158 e. The molecule has 3 aromatic rings. The minimum Gasteiger partial charge on any atom is -0.490 e. The zero-order chi connectivity index (χ0) is 22.6. The minimum absolute atomic E-state index is 0.136. The first kappa shape index (κ1) is 21.2. The van der Waals surface area contributed by atoms with E-state index in [-0.39, 0.29) is 23.9 Å². The molecule has 2 aromatic heterocycles. The fourth-order valence-electron chi connectivity index (χ4n) is 4.12. The summed E-state index contributed by atoms with van der Waals surface area (Å²) < 4.78 is 12.8. The lowest BCUT2D eigenvalue weighted by atomic mass is 9.93. The molecule has 2 fully saturated rings. The SMILES string of the molecule is N#Cc1cnc(Nc2cc(-c3c(OC4CCC4)cccc3O[C@H]3CC[C@H](N)CC3)[nH]n2)cn1. The third kappa shape index (κ3) is 4.91. The van der Waals surface area contributed by atoms with Crippen molar-refractivity contribution < 1.29 is 9.47 Å². The number of aromatic amines is 1. The normalized spacial score (nSPS) is 20.5. The first-order valence-corrected chi connectivity index (χ1v) is 11.4. The van der Waals surface area contributed by atoms with Gasteiger partial charge < -0.3 is 20.5 Å². The summed E-state index contributed by atoms with van der Waals surface area (Å²) in [6.45, 7) is 0. The standard InChI is InChI=1S/C24H27N7O2/c25-12-16-13-28-23(14-27-16)29-22-11-19(30-31-22)24-20(32-17-3-1-4-17)5-2-6-21(24)33-18-9-7-15(26)8-10-18/h2,5-6,11,13-15,17-18H,1,3-4,7-10,26H2,(H2,28,29,30,31)/t15-,18-. The van der Waals surface area contributed by atoms with Crippen molar-refractivity contribution in [1.29, 1.82) is 5.26 Å². The molecule has 4 N–H and O–H groups in total. The maximum atomic E-state index is 8.89. The molecule has 0 radical (unpaired) electrons. The number of rotatable bonds is 7.